The molecule has 5 heteroatoms. The molecule has 0 saturated carbocycles. The molecule has 0 bridgehead atoms. The third-order valence-electron chi connectivity index (χ3n) is 3.41. The van der Waals surface area contributed by atoms with E-state index in [2.05, 4.69) is 10.1 Å². The molecule has 0 radical (unpaired) electrons. The summed E-state index contributed by atoms with van der Waals surface area (Å²) in [7, 11) is 0. The summed E-state index contributed by atoms with van der Waals surface area (Å²) >= 11 is 5.85. The van der Waals surface area contributed by atoms with E-state index in [4.69, 9.17) is 16.4 Å². The number of rotatable bonds is 5. The highest BCUT2D eigenvalue weighted by Gasteiger charge is 2.09. The van der Waals surface area contributed by atoms with Gasteiger partial charge in [0.05, 0.1) is 5.71 Å². The molecule has 0 atom stereocenters. The zero-order valence-electron chi connectivity index (χ0n) is 11.8. The SMILES string of the molecule is C/C(=N/OCCN1CCCCC1)c1ccc(Cl)cc1.Cl. The van der Waals surface area contributed by atoms with Crippen LogP contribution in [0.2, 0.25) is 5.02 Å². The van der Waals surface area contributed by atoms with E-state index in [1.54, 1.807) is 0 Å². The van der Waals surface area contributed by atoms with Gasteiger partial charge in [-0.15, -0.1) is 12.4 Å². The largest absolute Gasteiger partial charge is 0.394 e. The average Bonchev–Trinajstić information content (AvgIpc) is 2.45. The Hall–Kier alpha value is -0.770. The van der Waals surface area contributed by atoms with Crippen LogP contribution in [-0.4, -0.2) is 36.9 Å². The van der Waals surface area contributed by atoms with Crippen LogP contribution in [0.5, 0.6) is 0 Å². The van der Waals surface area contributed by atoms with Gasteiger partial charge in [0.2, 0.25) is 0 Å². The molecule has 0 aromatic heterocycles. The molecule has 1 aliphatic heterocycles. The van der Waals surface area contributed by atoms with Crippen LogP contribution in [0.25, 0.3) is 0 Å². The van der Waals surface area contributed by atoms with Gasteiger partial charge in [-0.3, -0.25) is 4.90 Å². The molecule has 0 unspecified atom stereocenters. The minimum Gasteiger partial charge on any atom is -0.394 e. The predicted octanol–water partition coefficient (Wildman–Crippen LogP) is 3.99. The third-order valence-corrected chi connectivity index (χ3v) is 3.66. The molecular formula is C15H22Cl2N2O. The fraction of sp³-hybridized carbons (Fsp3) is 0.533. The Morgan fingerprint density at radius 2 is 1.85 bits per heavy atom. The van der Waals surface area contributed by atoms with Crippen molar-refractivity contribution in [2.75, 3.05) is 26.2 Å². The van der Waals surface area contributed by atoms with Gasteiger partial charge >= 0.3 is 0 Å². The van der Waals surface area contributed by atoms with Gasteiger partial charge in [-0.1, -0.05) is 35.3 Å². The topological polar surface area (TPSA) is 24.8 Å². The van der Waals surface area contributed by atoms with Crippen molar-refractivity contribution >= 4 is 29.7 Å². The molecule has 20 heavy (non-hydrogen) atoms. The minimum absolute atomic E-state index is 0. The lowest BCUT2D eigenvalue weighted by molar-refractivity contribution is 0.102. The number of likely N-dealkylation sites (tertiary alicyclic amines) is 1. The maximum Gasteiger partial charge on any atom is 0.129 e. The highest BCUT2D eigenvalue weighted by molar-refractivity contribution is 6.30. The predicted molar refractivity (Wildman–Crippen MR) is 87.2 cm³/mol. The lowest BCUT2D eigenvalue weighted by atomic mass is 10.1. The summed E-state index contributed by atoms with van der Waals surface area (Å²) < 4.78 is 0. The Bertz CT molecular complexity index is 414. The van der Waals surface area contributed by atoms with Crippen molar-refractivity contribution in [2.24, 2.45) is 5.16 Å². The molecule has 0 N–H and O–H groups in total. The maximum absolute atomic E-state index is 5.85. The molecule has 1 aromatic rings. The minimum atomic E-state index is 0. The Morgan fingerprint density at radius 1 is 1.20 bits per heavy atom. The number of hydrogen-bond donors (Lipinski definition) is 0. The quantitative estimate of drug-likeness (QED) is 0.466. The van der Waals surface area contributed by atoms with Crippen molar-refractivity contribution < 1.29 is 4.84 Å². The van der Waals surface area contributed by atoms with Crippen LogP contribution in [0.15, 0.2) is 29.4 Å². The van der Waals surface area contributed by atoms with Gasteiger partial charge in [0.25, 0.3) is 0 Å². The first-order chi connectivity index (χ1) is 9.25. The van der Waals surface area contributed by atoms with Gasteiger partial charge in [0, 0.05) is 11.6 Å². The Kier molecular flexibility index (Phi) is 7.97. The molecule has 0 spiro atoms. The summed E-state index contributed by atoms with van der Waals surface area (Å²) in [5.74, 6) is 0. The van der Waals surface area contributed by atoms with Crippen molar-refractivity contribution in [2.45, 2.75) is 26.2 Å². The molecule has 0 amide bonds. The van der Waals surface area contributed by atoms with E-state index < -0.39 is 0 Å². The highest BCUT2D eigenvalue weighted by Crippen LogP contribution is 2.11. The second kappa shape index (κ2) is 9.22. The van der Waals surface area contributed by atoms with Crippen molar-refractivity contribution in [3.8, 4) is 0 Å². The van der Waals surface area contributed by atoms with Crippen molar-refractivity contribution in [3.63, 3.8) is 0 Å². The first kappa shape index (κ1) is 17.3. The van der Waals surface area contributed by atoms with Crippen LogP contribution in [-0.2, 0) is 4.84 Å². The summed E-state index contributed by atoms with van der Waals surface area (Å²) in [6.07, 6.45) is 3.99. The highest BCUT2D eigenvalue weighted by atomic mass is 35.5. The van der Waals surface area contributed by atoms with E-state index in [9.17, 15) is 0 Å². The number of oxime groups is 1. The van der Waals surface area contributed by atoms with E-state index in [0.29, 0.717) is 6.61 Å². The van der Waals surface area contributed by atoms with Gasteiger partial charge in [0.1, 0.15) is 6.61 Å². The lowest BCUT2D eigenvalue weighted by Crippen LogP contribution is -2.32. The van der Waals surface area contributed by atoms with Gasteiger partial charge in [-0.2, -0.15) is 0 Å². The Balaban J connectivity index is 0.00000200. The summed E-state index contributed by atoms with van der Waals surface area (Å²) in [5, 5.41) is 4.89. The second-order valence-electron chi connectivity index (χ2n) is 4.92. The van der Waals surface area contributed by atoms with Crippen molar-refractivity contribution in [3.05, 3.63) is 34.9 Å². The molecule has 3 nitrogen and oxygen atoms in total. The van der Waals surface area contributed by atoms with Crippen LogP contribution in [0.3, 0.4) is 0 Å². The maximum atomic E-state index is 5.85. The number of halogens is 2. The summed E-state index contributed by atoms with van der Waals surface area (Å²) in [6, 6.07) is 7.64. The van der Waals surface area contributed by atoms with E-state index >= 15 is 0 Å². The summed E-state index contributed by atoms with van der Waals surface area (Å²) in [4.78, 5) is 7.84. The zero-order chi connectivity index (χ0) is 13.5. The number of piperidine rings is 1. The first-order valence-corrected chi connectivity index (χ1v) is 7.28. The third kappa shape index (κ3) is 5.70. The molecule has 1 aliphatic rings. The van der Waals surface area contributed by atoms with E-state index in [0.717, 1.165) is 22.8 Å². The number of benzene rings is 1. The standard InChI is InChI=1S/C15H21ClN2O.ClH/c1-13(14-5-7-15(16)8-6-14)17-19-12-11-18-9-3-2-4-10-18;/h5-8H,2-4,9-12H2,1H3;1H/b17-13-;. The monoisotopic (exact) mass is 316 g/mol. The summed E-state index contributed by atoms with van der Waals surface area (Å²) in [6.45, 7) is 5.97. The van der Waals surface area contributed by atoms with Gasteiger partial charge < -0.3 is 4.84 Å². The Morgan fingerprint density at radius 3 is 2.50 bits per heavy atom. The van der Waals surface area contributed by atoms with E-state index in [1.165, 1.54) is 32.4 Å². The van der Waals surface area contributed by atoms with Crippen molar-refractivity contribution in [1.82, 2.24) is 4.90 Å². The molecule has 2 rings (SSSR count). The molecule has 1 heterocycles. The van der Waals surface area contributed by atoms with E-state index in [1.807, 2.05) is 31.2 Å². The van der Waals surface area contributed by atoms with Crippen LogP contribution in [0, 0.1) is 0 Å². The fourth-order valence-corrected chi connectivity index (χ4v) is 2.37. The molecule has 0 aliphatic carbocycles. The average molecular weight is 317 g/mol. The van der Waals surface area contributed by atoms with Gasteiger partial charge in [0.15, 0.2) is 0 Å². The fourth-order valence-electron chi connectivity index (χ4n) is 2.24. The number of nitrogens with zero attached hydrogens (tertiary/aromatic N) is 2. The van der Waals surface area contributed by atoms with Gasteiger partial charge in [-0.25, -0.2) is 0 Å². The Labute approximate surface area is 132 Å². The normalized spacial score (nSPS) is 16.6. The lowest BCUT2D eigenvalue weighted by Gasteiger charge is -2.25. The van der Waals surface area contributed by atoms with Crippen LogP contribution in [0.4, 0.5) is 0 Å². The van der Waals surface area contributed by atoms with Crippen LogP contribution >= 0.6 is 24.0 Å². The zero-order valence-corrected chi connectivity index (χ0v) is 13.4. The molecule has 1 fully saturated rings. The second-order valence-corrected chi connectivity index (χ2v) is 5.36. The molecule has 1 saturated heterocycles. The molecule has 1 aromatic carbocycles. The molecule has 112 valence electrons. The smallest absolute Gasteiger partial charge is 0.129 e. The molecular weight excluding hydrogens is 295 g/mol. The van der Waals surface area contributed by atoms with Crippen LogP contribution < -0.4 is 0 Å². The van der Waals surface area contributed by atoms with E-state index in [-0.39, 0.29) is 12.4 Å². The number of hydrogen-bond acceptors (Lipinski definition) is 3. The van der Waals surface area contributed by atoms with Crippen molar-refractivity contribution in [1.29, 1.82) is 0 Å². The first-order valence-electron chi connectivity index (χ1n) is 6.90. The van der Waals surface area contributed by atoms with Crippen LogP contribution in [0.1, 0.15) is 31.7 Å². The summed E-state index contributed by atoms with van der Waals surface area (Å²) in [5.41, 5.74) is 1.93. The van der Waals surface area contributed by atoms with Gasteiger partial charge in [-0.05, 0) is 50.6 Å².